The molecule has 0 bridgehead atoms. The lowest BCUT2D eigenvalue weighted by Gasteiger charge is -2.37. The van der Waals surface area contributed by atoms with Crippen LogP contribution in [0.3, 0.4) is 0 Å². The maximum atomic E-state index is 13.4. The molecule has 184 valence electrons. The van der Waals surface area contributed by atoms with Gasteiger partial charge in [0.05, 0.1) is 21.2 Å². The van der Waals surface area contributed by atoms with E-state index in [-0.39, 0.29) is 16.6 Å². The average Bonchev–Trinajstić information content (AvgIpc) is 2.87. The van der Waals surface area contributed by atoms with Crippen LogP contribution in [-0.4, -0.2) is 52.7 Å². The smallest absolute Gasteiger partial charge is 0.368 e. The van der Waals surface area contributed by atoms with Crippen LogP contribution in [0.4, 0.5) is 24.5 Å². The fourth-order valence-electron chi connectivity index (χ4n) is 3.77. The minimum absolute atomic E-state index is 0.0300. The molecule has 1 amide bonds. The van der Waals surface area contributed by atoms with E-state index in [1.165, 1.54) is 0 Å². The van der Waals surface area contributed by atoms with Crippen LogP contribution in [0.25, 0.3) is 0 Å². The van der Waals surface area contributed by atoms with Crippen molar-refractivity contribution >= 4 is 39.9 Å². The van der Waals surface area contributed by atoms with Crippen molar-refractivity contribution < 1.29 is 22.2 Å². The fourth-order valence-corrected chi connectivity index (χ4v) is 5.24. The highest BCUT2D eigenvalue weighted by molar-refractivity contribution is 7.86. The zero-order valence-corrected chi connectivity index (χ0v) is 20.1. The molecule has 0 saturated carbocycles. The van der Waals surface area contributed by atoms with Crippen molar-refractivity contribution in [2.24, 2.45) is 0 Å². The van der Waals surface area contributed by atoms with Crippen molar-refractivity contribution in [3.8, 4) is 0 Å². The first kappa shape index (κ1) is 25.0. The van der Waals surface area contributed by atoms with Gasteiger partial charge in [-0.3, -0.25) is 14.1 Å². The first-order valence-electron chi connectivity index (χ1n) is 10.8. The SMILES string of the molecule is O=C(CN(c1cc(C(F)(F)F)ccc1Cl)S(=O)c1ccccc1)N1CCN(c2ccncc2)CC1. The molecule has 1 aliphatic heterocycles. The molecule has 1 aliphatic rings. The van der Waals surface area contributed by atoms with Crippen LogP contribution >= 0.6 is 11.6 Å². The Bertz CT molecular complexity index is 1190. The summed E-state index contributed by atoms with van der Waals surface area (Å²) in [6.45, 7) is 1.62. The number of rotatable bonds is 6. The predicted octanol–water partition coefficient (Wildman–Crippen LogP) is 4.63. The van der Waals surface area contributed by atoms with Crippen molar-refractivity contribution in [3.63, 3.8) is 0 Å². The fraction of sp³-hybridized carbons (Fsp3) is 0.250. The second-order valence-electron chi connectivity index (χ2n) is 7.84. The molecule has 0 spiro atoms. The molecule has 1 aromatic heterocycles. The van der Waals surface area contributed by atoms with Crippen molar-refractivity contribution in [1.29, 1.82) is 0 Å². The van der Waals surface area contributed by atoms with Gasteiger partial charge in [-0.05, 0) is 42.5 Å². The zero-order valence-electron chi connectivity index (χ0n) is 18.5. The number of hydrogen-bond acceptors (Lipinski definition) is 4. The van der Waals surface area contributed by atoms with E-state index < -0.39 is 29.3 Å². The standard InChI is InChI=1S/C24H22ClF3N4O2S/c25-21-7-6-18(24(26,27)28)16-22(21)32(35(34)20-4-2-1-3-5-20)17-23(33)31-14-12-30(13-15-31)19-8-10-29-11-9-19/h1-11,16H,12-15,17H2. The predicted molar refractivity (Wildman–Crippen MR) is 130 cm³/mol. The second-order valence-corrected chi connectivity index (χ2v) is 9.65. The van der Waals surface area contributed by atoms with E-state index in [0.717, 1.165) is 28.2 Å². The lowest BCUT2D eigenvalue weighted by atomic mass is 10.2. The Balaban J connectivity index is 1.57. The van der Waals surface area contributed by atoms with Gasteiger partial charge in [-0.1, -0.05) is 29.8 Å². The third-order valence-electron chi connectivity index (χ3n) is 5.63. The van der Waals surface area contributed by atoms with Gasteiger partial charge in [0, 0.05) is 44.3 Å². The molecule has 4 rings (SSSR count). The highest BCUT2D eigenvalue weighted by Gasteiger charge is 2.33. The normalized spacial score (nSPS) is 15.1. The van der Waals surface area contributed by atoms with Crippen molar-refractivity contribution in [2.45, 2.75) is 11.1 Å². The minimum Gasteiger partial charge on any atom is -0.368 e. The van der Waals surface area contributed by atoms with Gasteiger partial charge in [0.1, 0.15) is 6.54 Å². The van der Waals surface area contributed by atoms with E-state index in [1.807, 2.05) is 12.1 Å². The molecule has 0 aliphatic carbocycles. The molecule has 1 fully saturated rings. The van der Waals surface area contributed by atoms with Gasteiger partial charge in [-0.15, -0.1) is 0 Å². The average molecular weight is 523 g/mol. The summed E-state index contributed by atoms with van der Waals surface area (Å²) in [5.74, 6) is -0.350. The summed E-state index contributed by atoms with van der Waals surface area (Å²) in [5, 5.41) is -0.0300. The molecule has 11 heteroatoms. The van der Waals surface area contributed by atoms with Gasteiger partial charge in [-0.25, -0.2) is 4.21 Å². The Morgan fingerprint density at radius 2 is 1.66 bits per heavy atom. The Morgan fingerprint density at radius 3 is 2.29 bits per heavy atom. The summed E-state index contributed by atoms with van der Waals surface area (Å²) in [6, 6.07) is 14.8. The summed E-state index contributed by atoms with van der Waals surface area (Å²) in [5.41, 5.74) is -0.0625. The van der Waals surface area contributed by atoms with Crippen LogP contribution in [-0.2, 0) is 22.0 Å². The van der Waals surface area contributed by atoms with Gasteiger partial charge in [0.25, 0.3) is 0 Å². The molecule has 0 radical (unpaired) electrons. The van der Waals surface area contributed by atoms with Crippen molar-refractivity contribution in [2.75, 3.05) is 41.9 Å². The molecule has 2 heterocycles. The molecule has 1 unspecified atom stereocenters. The number of hydrogen-bond donors (Lipinski definition) is 0. The Kier molecular flexibility index (Phi) is 7.61. The van der Waals surface area contributed by atoms with Crippen LogP contribution in [0.2, 0.25) is 5.02 Å². The van der Waals surface area contributed by atoms with Gasteiger partial charge in [0.15, 0.2) is 11.0 Å². The number of carbonyl (C=O) groups is 1. The molecular weight excluding hydrogens is 501 g/mol. The third kappa shape index (κ3) is 5.94. The second kappa shape index (κ2) is 10.7. The van der Waals surface area contributed by atoms with E-state index in [4.69, 9.17) is 11.6 Å². The Labute approximate surface area is 208 Å². The summed E-state index contributed by atoms with van der Waals surface area (Å²) in [7, 11) is -1.96. The lowest BCUT2D eigenvalue weighted by molar-refractivity contribution is -0.137. The minimum atomic E-state index is -4.62. The van der Waals surface area contributed by atoms with Crippen molar-refractivity contribution in [1.82, 2.24) is 9.88 Å². The van der Waals surface area contributed by atoms with Gasteiger partial charge < -0.3 is 9.80 Å². The summed E-state index contributed by atoms with van der Waals surface area (Å²) < 4.78 is 54.7. The highest BCUT2D eigenvalue weighted by atomic mass is 35.5. The number of carbonyl (C=O) groups excluding carboxylic acids is 1. The Hall–Kier alpha value is -3.11. The van der Waals surface area contributed by atoms with Gasteiger partial charge in [-0.2, -0.15) is 13.2 Å². The number of aromatic nitrogens is 1. The molecule has 2 aromatic carbocycles. The van der Waals surface area contributed by atoms with E-state index >= 15 is 0 Å². The lowest BCUT2D eigenvalue weighted by Crippen LogP contribution is -2.51. The van der Waals surface area contributed by atoms with E-state index in [2.05, 4.69) is 9.88 Å². The topological polar surface area (TPSA) is 56.8 Å². The number of piperazine rings is 1. The Morgan fingerprint density at radius 1 is 1.00 bits per heavy atom. The van der Waals surface area contributed by atoms with Gasteiger partial charge in [0.2, 0.25) is 5.91 Å². The molecule has 1 saturated heterocycles. The first-order valence-corrected chi connectivity index (χ1v) is 12.3. The number of anilines is 2. The summed E-state index contributed by atoms with van der Waals surface area (Å²) in [4.78, 5) is 21.3. The number of alkyl halides is 3. The number of amides is 1. The largest absolute Gasteiger partial charge is 0.416 e. The van der Waals surface area contributed by atoms with Crippen LogP contribution in [0.5, 0.6) is 0 Å². The van der Waals surface area contributed by atoms with Crippen LogP contribution in [0.1, 0.15) is 5.56 Å². The number of nitrogens with zero attached hydrogens (tertiary/aromatic N) is 4. The molecule has 1 atom stereocenters. The first-order chi connectivity index (χ1) is 16.7. The van der Waals surface area contributed by atoms with Gasteiger partial charge >= 0.3 is 6.18 Å². The molecule has 35 heavy (non-hydrogen) atoms. The van der Waals surface area contributed by atoms with Crippen molar-refractivity contribution in [3.05, 3.63) is 83.6 Å². The molecule has 3 aromatic rings. The van der Waals surface area contributed by atoms with Crippen LogP contribution in [0.15, 0.2) is 78.0 Å². The van der Waals surface area contributed by atoms with E-state index in [9.17, 15) is 22.2 Å². The zero-order chi connectivity index (χ0) is 25.0. The summed E-state index contributed by atoms with van der Waals surface area (Å²) in [6.07, 6.45) is -1.22. The number of halogens is 4. The van der Waals surface area contributed by atoms with E-state index in [1.54, 1.807) is 47.6 Å². The molecular formula is C24H22ClF3N4O2S. The van der Waals surface area contributed by atoms with E-state index in [0.29, 0.717) is 31.1 Å². The van der Waals surface area contributed by atoms with Crippen LogP contribution < -0.4 is 9.21 Å². The summed E-state index contributed by atoms with van der Waals surface area (Å²) >= 11 is 6.25. The highest BCUT2D eigenvalue weighted by Crippen LogP contribution is 2.36. The molecule has 6 nitrogen and oxygen atoms in total. The molecule has 0 N–H and O–H groups in total. The maximum Gasteiger partial charge on any atom is 0.416 e. The quantitative estimate of drug-likeness (QED) is 0.473. The number of pyridine rings is 1. The third-order valence-corrected chi connectivity index (χ3v) is 7.35. The number of benzene rings is 2. The monoisotopic (exact) mass is 522 g/mol. The van der Waals surface area contributed by atoms with Crippen LogP contribution in [0, 0.1) is 0 Å². The maximum absolute atomic E-state index is 13.4.